The van der Waals surface area contributed by atoms with Gasteiger partial charge in [0.2, 0.25) is 0 Å². The lowest BCUT2D eigenvalue weighted by Crippen LogP contribution is -2.24. The number of imidazole rings is 1. The Balaban J connectivity index is 1.56. The number of aryl methyl sites for hydroxylation is 1. The van der Waals surface area contributed by atoms with Gasteiger partial charge in [-0.05, 0) is 12.5 Å². The second-order valence-corrected chi connectivity index (χ2v) is 6.50. The highest BCUT2D eigenvalue weighted by Gasteiger charge is 2.35. The molecule has 3 heterocycles. The van der Waals surface area contributed by atoms with Crippen molar-refractivity contribution in [2.24, 2.45) is 0 Å². The molecule has 0 bridgehead atoms. The highest BCUT2D eigenvalue weighted by Crippen LogP contribution is 2.31. The number of benzene rings is 1. The van der Waals surface area contributed by atoms with E-state index in [9.17, 15) is 10.2 Å². The second-order valence-electron chi connectivity index (χ2n) is 6.50. The van der Waals surface area contributed by atoms with Crippen LogP contribution in [0.3, 0.4) is 0 Å². The maximum absolute atomic E-state index is 9.95. The molecule has 3 aromatic rings. The fraction of sp³-hybridized carbons (Fsp3) is 0.389. The first kappa shape index (κ1) is 16.9. The average Bonchev–Trinajstić information content (AvgIpc) is 3.24. The van der Waals surface area contributed by atoms with Gasteiger partial charge in [-0.25, -0.2) is 15.0 Å². The number of aliphatic hydroxyl groups is 2. The average molecular weight is 355 g/mol. The molecule has 136 valence electrons. The first-order chi connectivity index (χ1) is 12.7. The Morgan fingerprint density at radius 3 is 2.77 bits per heavy atom. The van der Waals surface area contributed by atoms with Gasteiger partial charge in [0.05, 0.1) is 19.0 Å². The van der Waals surface area contributed by atoms with E-state index in [2.05, 4.69) is 51.5 Å². The van der Waals surface area contributed by atoms with E-state index in [1.54, 1.807) is 10.9 Å². The summed E-state index contributed by atoms with van der Waals surface area (Å²) in [6, 6.07) is 8.29. The molecule has 3 atom stereocenters. The van der Waals surface area contributed by atoms with E-state index in [4.69, 9.17) is 4.74 Å². The molecule has 1 aromatic carbocycles. The molecule has 2 aromatic heterocycles. The number of nitrogens with zero attached hydrogens (tertiary/aromatic N) is 4. The highest BCUT2D eigenvalue weighted by molar-refractivity contribution is 5.82. The molecule has 0 spiro atoms. The number of nitrogens with one attached hydrogen (secondary N) is 1. The summed E-state index contributed by atoms with van der Waals surface area (Å²) in [6.45, 7) is 2.47. The third kappa shape index (κ3) is 3.14. The summed E-state index contributed by atoms with van der Waals surface area (Å²) in [7, 11) is 0. The zero-order valence-corrected chi connectivity index (χ0v) is 14.4. The number of hydrogen-bond acceptors (Lipinski definition) is 7. The van der Waals surface area contributed by atoms with Crippen molar-refractivity contribution in [3.05, 3.63) is 48.0 Å². The maximum Gasteiger partial charge on any atom is 0.167 e. The normalized spacial score (nSPS) is 22.8. The molecule has 0 radical (unpaired) electrons. The topological polar surface area (TPSA) is 105 Å². The number of aliphatic hydroxyl groups excluding tert-OH is 2. The van der Waals surface area contributed by atoms with Crippen molar-refractivity contribution < 1.29 is 14.9 Å². The molecule has 0 aliphatic carbocycles. The fourth-order valence-electron chi connectivity index (χ4n) is 3.13. The molecular weight excluding hydrogens is 334 g/mol. The number of hydrogen-bond donors (Lipinski definition) is 3. The van der Waals surface area contributed by atoms with E-state index in [-0.39, 0.29) is 6.61 Å². The number of fused-ring (bicyclic) bond motifs is 1. The maximum atomic E-state index is 9.95. The van der Waals surface area contributed by atoms with Crippen molar-refractivity contribution in [2.45, 2.75) is 38.3 Å². The Labute approximate surface area is 150 Å². The van der Waals surface area contributed by atoms with E-state index in [0.29, 0.717) is 29.9 Å². The predicted molar refractivity (Wildman–Crippen MR) is 95.4 cm³/mol. The second kappa shape index (κ2) is 6.99. The molecular formula is C18H21N5O3. The van der Waals surface area contributed by atoms with Gasteiger partial charge in [0, 0.05) is 13.0 Å². The van der Waals surface area contributed by atoms with Crippen LogP contribution in [0.5, 0.6) is 0 Å². The third-order valence-corrected chi connectivity index (χ3v) is 4.63. The summed E-state index contributed by atoms with van der Waals surface area (Å²) >= 11 is 0. The molecule has 8 nitrogen and oxygen atoms in total. The quantitative estimate of drug-likeness (QED) is 0.635. The van der Waals surface area contributed by atoms with Crippen molar-refractivity contribution in [1.82, 2.24) is 19.5 Å². The zero-order chi connectivity index (χ0) is 18.1. The Morgan fingerprint density at radius 1 is 1.23 bits per heavy atom. The lowest BCUT2D eigenvalue weighted by Gasteiger charge is -2.13. The van der Waals surface area contributed by atoms with E-state index in [0.717, 1.165) is 5.56 Å². The molecule has 0 amide bonds. The van der Waals surface area contributed by atoms with Gasteiger partial charge in [-0.2, -0.15) is 0 Å². The van der Waals surface area contributed by atoms with Gasteiger partial charge in [0.15, 0.2) is 17.0 Å². The zero-order valence-electron chi connectivity index (χ0n) is 14.4. The molecule has 8 heteroatoms. The van der Waals surface area contributed by atoms with E-state index in [1.165, 1.54) is 11.9 Å². The number of rotatable bonds is 5. The number of ether oxygens (including phenoxy) is 1. The largest absolute Gasteiger partial charge is 0.394 e. The van der Waals surface area contributed by atoms with Gasteiger partial charge < -0.3 is 20.3 Å². The van der Waals surface area contributed by atoms with Crippen LogP contribution in [-0.4, -0.2) is 48.5 Å². The summed E-state index contributed by atoms with van der Waals surface area (Å²) in [4.78, 5) is 13.0. The molecule has 0 saturated carbocycles. The molecule has 4 rings (SSSR count). The van der Waals surface area contributed by atoms with Crippen LogP contribution in [0.1, 0.15) is 23.8 Å². The van der Waals surface area contributed by atoms with Crippen molar-refractivity contribution in [3.8, 4) is 0 Å². The molecule has 1 fully saturated rings. The van der Waals surface area contributed by atoms with Crippen LogP contribution >= 0.6 is 0 Å². The van der Waals surface area contributed by atoms with E-state index >= 15 is 0 Å². The van der Waals surface area contributed by atoms with Crippen LogP contribution in [0.2, 0.25) is 0 Å². The molecule has 1 aliphatic heterocycles. The standard InChI is InChI=1S/C18H21N5O3/c1-11-2-4-12(5-3-11)7-19-17-16-18(21-9-20-17)23(10-22-16)15-6-13(25)14(8-24)26-15/h2-5,9-10,13-15,24-25H,6-8H2,1H3,(H,19,20,21)/t13?,14-,15-/m1/s1. The van der Waals surface area contributed by atoms with Gasteiger partial charge in [0.1, 0.15) is 18.7 Å². The molecule has 26 heavy (non-hydrogen) atoms. The van der Waals surface area contributed by atoms with Crippen LogP contribution in [0.25, 0.3) is 11.2 Å². The van der Waals surface area contributed by atoms with Crippen LogP contribution in [0, 0.1) is 6.92 Å². The third-order valence-electron chi connectivity index (χ3n) is 4.63. The van der Waals surface area contributed by atoms with E-state index in [1.807, 2.05) is 0 Å². The Bertz CT molecular complexity index is 895. The SMILES string of the molecule is Cc1ccc(CNc2ncnc3c2ncn3[C@H]2CC(O)[C@@H](CO)O2)cc1. The smallest absolute Gasteiger partial charge is 0.167 e. The van der Waals surface area contributed by atoms with Crippen molar-refractivity contribution in [2.75, 3.05) is 11.9 Å². The summed E-state index contributed by atoms with van der Waals surface area (Å²) in [5.41, 5.74) is 3.64. The van der Waals surface area contributed by atoms with Crippen molar-refractivity contribution in [3.63, 3.8) is 0 Å². The summed E-state index contributed by atoms with van der Waals surface area (Å²) < 4.78 is 7.47. The summed E-state index contributed by atoms with van der Waals surface area (Å²) in [5.74, 6) is 0.645. The number of anilines is 1. The highest BCUT2D eigenvalue weighted by atomic mass is 16.5. The first-order valence-corrected chi connectivity index (χ1v) is 8.57. The molecule has 1 unspecified atom stereocenters. The van der Waals surface area contributed by atoms with Crippen LogP contribution in [0.15, 0.2) is 36.9 Å². The minimum atomic E-state index is -0.705. The minimum absolute atomic E-state index is 0.220. The van der Waals surface area contributed by atoms with Crippen LogP contribution in [0.4, 0.5) is 5.82 Å². The van der Waals surface area contributed by atoms with Crippen molar-refractivity contribution in [1.29, 1.82) is 0 Å². The summed E-state index contributed by atoms with van der Waals surface area (Å²) in [6.07, 6.45) is 1.79. The lowest BCUT2D eigenvalue weighted by molar-refractivity contribution is -0.0432. The molecule has 3 N–H and O–H groups in total. The Kier molecular flexibility index (Phi) is 4.54. The lowest BCUT2D eigenvalue weighted by atomic mass is 10.1. The first-order valence-electron chi connectivity index (χ1n) is 8.57. The van der Waals surface area contributed by atoms with Gasteiger partial charge in [-0.3, -0.25) is 4.57 Å². The van der Waals surface area contributed by atoms with Crippen molar-refractivity contribution >= 4 is 17.0 Å². The monoisotopic (exact) mass is 355 g/mol. The minimum Gasteiger partial charge on any atom is -0.394 e. The molecule has 1 saturated heterocycles. The van der Waals surface area contributed by atoms with Gasteiger partial charge in [0.25, 0.3) is 0 Å². The van der Waals surface area contributed by atoms with Gasteiger partial charge >= 0.3 is 0 Å². The van der Waals surface area contributed by atoms with E-state index < -0.39 is 18.4 Å². The fourth-order valence-corrected chi connectivity index (χ4v) is 3.13. The summed E-state index contributed by atoms with van der Waals surface area (Å²) in [5, 5.41) is 22.5. The van der Waals surface area contributed by atoms with Crippen LogP contribution in [-0.2, 0) is 11.3 Å². The van der Waals surface area contributed by atoms with Crippen LogP contribution < -0.4 is 5.32 Å². The Morgan fingerprint density at radius 2 is 2.04 bits per heavy atom. The molecule has 1 aliphatic rings. The van der Waals surface area contributed by atoms with Gasteiger partial charge in [-0.1, -0.05) is 29.8 Å². The number of aromatic nitrogens is 4. The van der Waals surface area contributed by atoms with Gasteiger partial charge in [-0.15, -0.1) is 0 Å². The Hall–Kier alpha value is -2.55. The predicted octanol–water partition coefficient (Wildman–Crippen LogP) is 1.39.